The van der Waals surface area contributed by atoms with Crippen molar-refractivity contribution in [2.75, 3.05) is 45.6 Å². The number of carbonyl (C=O) groups is 3. The van der Waals surface area contributed by atoms with E-state index in [0.29, 0.717) is 48.9 Å². The highest BCUT2D eigenvalue weighted by Gasteiger charge is 2.29. The molecule has 0 unspecified atom stereocenters. The van der Waals surface area contributed by atoms with Crippen molar-refractivity contribution in [1.82, 2.24) is 20.1 Å². The summed E-state index contributed by atoms with van der Waals surface area (Å²) in [6.45, 7) is 6.96. The fourth-order valence-corrected chi connectivity index (χ4v) is 4.95. The predicted molar refractivity (Wildman–Crippen MR) is 135 cm³/mol. The summed E-state index contributed by atoms with van der Waals surface area (Å²) in [5.74, 6) is -0.203. The molecule has 1 saturated heterocycles. The molecular weight excluding hydrogens is 450 g/mol. The van der Waals surface area contributed by atoms with Gasteiger partial charge in [-0.25, -0.2) is 4.98 Å². The smallest absolute Gasteiger partial charge is 0.257 e. The Kier molecular flexibility index (Phi) is 8.79. The van der Waals surface area contributed by atoms with E-state index in [9.17, 15) is 14.4 Å². The summed E-state index contributed by atoms with van der Waals surface area (Å²) >= 11 is 1.31. The minimum atomic E-state index is -0.224. The van der Waals surface area contributed by atoms with Gasteiger partial charge in [-0.2, -0.15) is 0 Å². The molecule has 0 aliphatic carbocycles. The SMILES string of the molecule is CN(C)CC(C)(C)CNC(=O)C1CCN(C(=O)Cc2csc(NC(=O)c3ccccc3)n2)CC1. The van der Waals surface area contributed by atoms with Gasteiger partial charge in [-0.05, 0) is 44.5 Å². The number of hydrogen-bond acceptors (Lipinski definition) is 6. The number of piperidine rings is 1. The fraction of sp³-hybridized carbons (Fsp3) is 0.520. The molecule has 0 radical (unpaired) electrons. The number of hydrogen-bond donors (Lipinski definition) is 2. The van der Waals surface area contributed by atoms with Crippen LogP contribution in [-0.2, 0) is 16.0 Å². The molecular formula is C25H35N5O3S. The van der Waals surface area contributed by atoms with E-state index in [2.05, 4.69) is 34.4 Å². The van der Waals surface area contributed by atoms with Crippen molar-refractivity contribution in [1.29, 1.82) is 0 Å². The van der Waals surface area contributed by atoms with Gasteiger partial charge in [0.1, 0.15) is 0 Å². The van der Waals surface area contributed by atoms with E-state index in [1.54, 1.807) is 34.5 Å². The van der Waals surface area contributed by atoms with Crippen LogP contribution in [0.25, 0.3) is 0 Å². The highest BCUT2D eigenvalue weighted by Crippen LogP contribution is 2.21. The summed E-state index contributed by atoms with van der Waals surface area (Å²) in [5, 5.41) is 8.15. The Morgan fingerprint density at radius 2 is 1.82 bits per heavy atom. The number of aromatic nitrogens is 1. The number of rotatable bonds is 9. The molecule has 2 heterocycles. The Morgan fingerprint density at radius 1 is 1.15 bits per heavy atom. The lowest BCUT2D eigenvalue weighted by Gasteiger charge is -2.33. The van der Waals surface area contributed by atoms with E-state index < -0.39 is 0 Å². The van der Waals surface area contributed by atoms with Gasteiger partial charge in [0.15, 0.2) is 5.13 Å². The second-order valence-electron chi connectivity index (χ2n) is 9.92. The monoisotopic (exact) mass is 485 g/mol. The maximum atomic E-state index is 12.8. The molecule has 1 aromatic heterocycles. The fourth-order valence-electron chi connectivity index (χ4n) is 4.24. The first-order valence-electron chi connectivity index (χ1n) is 11.6. The molecule has 3 rings (SSSR count). The molecule has 184 valence electrons. The standard InChI is InChI=1S/C25H35N5O3S/c1-25(2,17-29(3)4)16-26-22(32)19-10-12-30(13-11-19)21(31)14-20-15-34-24(27-20)28-23(33)18-8-6-5-7-9-18/h5-9,15,19H,10-14,16-17H2,1-4H3,(H,26,32)(H,27,28,33). The number of likely N-dealkylation sites (tertiary alicyclic amines) is 1. The van der Waals surface area contributed by atoms with E-state index in [4.69, 9.17) is 0 Å². The average molecular weight is 486 g/mol. The van der Waals surface area contributed by atoms with Crippen molar-refractivity contribution >= 4 is 34.2 Å². The maximum Gasteiger partial charge on any atom is 0.257 e. The molecule has 1 aliphatic rings. The number of thiazole rings is 1. The number of nitrogens with zero attached hydrogens (tertiary/aromatic N) is 3. The highest BCUT2D eigenvalue weighted by atomic mass is 32.1. The lowest BCUT2D eigenvalue weighted by atomic mass is 9.91. The molecule has 8 nitrogen and oxygen atoms in total. The second kappa shape index (κ2) is 11.6. The molecule has 1 fully saturated rings. The summed E-state index contributed by atoms with van der Waals surface area (Å²) in [6, 6.07) is 8.94. The Balaban J connectivity index is 1.42. The molecule has 2 N–H and O–H groups in total. The zero-order valence-corrected chi connectivity index (χ0v) is 21.3. The first-order chi connectivity index (χ1) is 16.1. The minimum Gasteiger partial charge on any atom is -0.355 e. The molecule has 0 spiro atoms. The number of benzene rings is 1. The van der Waals surface area contributed by atoms with Crippen LogP contribution in [-0.4, -0.2) is 72.8 Å². The van der Waals surface area contributed by atoms with Gasteiger partial charge >= 0.3 is 0 Å². The summed E-state index contributed by atoms with van der Waals surface area (Å²) in [4.78, 5) is 46.0. The molecule has 1 aliphatic heterocycles. The summed E-state index contributed by atoms with van der Waals surface area (Å²) in [5.41, 5.74) is 1.20. The third-order valence-corrected chi connectivity index (χ3v) is 6.65. The van der Waals surface area contributed by atoms with Crippen LogP contribution in [0.2, 0.25) is 0 Å². The van der Waals surface area contributed by atoms with E-state index in [1.807, 2.05) is 20.2 Å². The van der Waals surface area contributed by atoms with E-state index in [1.165, 1.54) is 11.3 Å². The number of carbonyl (C=O) groups excluding carboxylic acids is 3. The van der Waals surface area contributed by atoms with Crippen LogP contribution in [0, 0.1) is 11.3 Å². The Labute approximate surface area is 205 Å². The van der Waals surface area contributed by atoms with Crippen LogP contribution in [0.3, 0.4) is 0 Å². The van der Waals surface area contributed by atoms with Crippen LogP contribution < -0.4 is 10.6 Å². The van der Waals surface area contributed by atoms with Gasteiger partial charge in [0.2, 0.25) is 11.8 Å². The van der Waals surface area contributed by atoms with Gasteiger partial charge in [-0.3, -0.25) is 19.7 Å². The van der Waals surface area contributed by atoms with Crippen molar-refractivity contribution < 1.29 is 14.4 Å². The van der Waals surface area contributed by atoms with Crippen molar-refractivity contribution in [3.05, 3.63) is 47.0 Å². The van der Waals surface area contributed by atoms with Crippen LogP contribution >= 0.6 is 11.3 Å². The predicted octanol–water partition coefficient (Wildman–Crippen LogP) is 2.88. The molecule has 0 saturated carbocycles. The van der Waals surface area contributed by atoms with E-state index in [0.717, 1.165) is 6.54 Å². The van der Waals surface area contributed by atoms with Gasteiger partial charge in [0.05, 0.1) is 12.1 Å². The van der Waals surface area contributed by atoms with Crippen LogP contribution in [0.1, 0.15) is 42.7 Å². The van der Waals surface area contributed by atoms with E-state index in [-0.39, 0.29) is 35.5 Å². The van der Waals surface area contributed by atoms with Gasteiger partial charge in [-0.15, -0.1) is 11.3 Å². The highest BCUT2D eigenvalue weighted by molar-refractivity contribution is 7.14. The first kappa shape index (κ1) is 25.8. The number of amides is 3. The number of nitrogens with one attached hydrogen (secondary N) is 2. The average Bonchev–Trinajstić information content (AvgIpc) is 3.24. The molecule has 9 heteroatoms. The lowest BCUT2D eigenvalue weighted by molar-refractivity contribution is -0.135. The minimum absolute atomic E-state index is 0.00258. The van der Waals surface area contributed by atoms with Crippen LogP contribution in [0.15, 0.2) is 35.7 Å². The van der Waals surface area contributed by atoms with Gasteiger partial charge in [0.25, 0.3) is 5.91 Å². The molecule has 3 amide bonds. The third kappa shape index (κ3) is 7.63. The van der Waals surface area contributed by atoms with Crippen LogP contribution in [0.5, 0.6) is 0 Å². The summed E-state index contributed by atoms with van der Waals surface area (Å²) < 4.78 is 0. The normalized spacial score (nSPS) is 14.8. The van der Waals surface area contributed by atoms with Crippen molar-refractivity contribution in [2.24, 2.45) is 11.3 Å². The second-order valence-corrected chi connectivity index (χ2v) is 10.8. The van der Waals surface area contributed by atoms with Crippen molar-refractivity contribution in [3.8, 4) is 0 Å². The Bertz CT molecular complexity index is 981. The Morgan fingerprint density at radius 3 is 2.47 bits per heavy atom. The largest absolute Gasteiger partial charge is 0.355 e. The zero-order valence-electron chi connectivity index (χ0n) is 20.5. The molecule has 0 atom stereocenters. The van der Waals surface area contributed by atoms with Gasteiger partial charge in [0, 0.05) is 43.0 Å². The molecule has 2 aromatic rings. The zero-order chi connectivity index (χ0) is 24.7. The summed E-state index contributed by atoms with van der Waals surface area (Å²) in [6.07, 6.45) is 1.52. The number of anilines is 1. The van der Waals surface area contributed by atoms with Crippen molar-refractivity contribution in [2.45, 2.75) is 33.1 Å². The molecule has 34 heavy (non-hydrogen) atoms. The van der Waals surface area contributed by atoms with Crippen molar-refractivity contribution in [3.63, 3.8) is 0 Å². The quantitative estimate of drug-likeness (QED) is 0.570. The van der Waals surface area contributed by atoms with Gasteiger partial charge in [-0.1, -0.05) is 32.0 Å². The van der Waals surface area contributed by atoms with Gasteiger partial charge < -0.3 is 15.1 Å². The summed E-state index contributed by atoms with van der Waals surface area (Å²) in [7, 11) is 4.06. The maximum absolute atomic E-state index is 12.8. The first-order valence-corrected chi connectivity index (χ1v) is 12.5. The third-order valence-electron chi connectivity index (χ3n) is 5.84. The molecule has 1 aromatic carbocycles. The van der Waals surface area contributed by atoms with Crippen LogP contribution in [0.4, 0.5) is 5.13 Å². The van der Waals surface area contributed by atoms with E-state index >= 15 is 0 Å². The molecule has 0 bridgehead atoms. The Hall–Kier alpha value is -2.78. The lowest BCUT2D eigenvalue weighted by Crippen LogP contribution is -2.46. The topological polar surface area (TPSA) is 94.6 Å².